The van der Waals surface area contributed by atoms with Gasteiger partial charge in [0.25, 0.3) is 10.0 Å². The molecule has 0 fully saturated rings. The zero-order valence-electron chi connectivity index (χ0n) is 14.4. The van der Waals surface area contributed by atoms with Crippen molar-refractivity contribution in [3.05, 3.63) is 83.9 Å². The Labute approximate surface area is 166 Å². The second-order valence-electron chi connectivity index (χ2n) is 5.90. The maximum atomic E-state index is 12.6. The molecule has 0 aliphatic rings. The molecule has 3 aromatic carbocycles. The van der Waals surface area contributed by atoms with Crippen molar-refractivity contribution in [2.24, 2.45) is 0 Å². The van der Waals surface area contributed by atoms with Crippen LogP contribution >= 0.6 is 11.6 Å². The summed E-state index contributed by atoms with van der Waals surface area (Å²) < 4.78 is 33.5. The fraction of sp³-hybridized carbons (Fsp3) is 0. The van der Waals surface area contributed by atoms with Crippen LogP contribution < -0.4 is 4.72 Å². The molecule has 0 spiro atoms. The summed E-state index contributed by atoms with van der Waals surface area (Å²) in [6.45, 7) is 0. The Balaban J connectivity index is 1.62. The molecule has 0 atom stereocenters. The minimum absolute atomic E-state index is 0.00576. The molecule has 0 saturated heterocycles. The van der Waals surface area contributed by atoms with Crippen LogP contribution in [-0.4, -0.2) is 18.6 Å². The molecule has 0 bridgehead atoms. The van der Waals surface area contributed by atoms with Crippen LogP contribution in [0, 0.1) is 0 Å². The topological polar surface area (TPSA) is 85.1 Å². The fourth-order valence-corrected chi connectivity index (χ4v) is 4.20. The number of hydrogen-bond donors (Lipinski definition) is 1. The van der Waals surface area contributed by atoms with Crippen LogP contribution in [0.3, 0.4) is 0 Å². The highest BCUT2D eigenvalue weighted by Crippen LogP contribution is 2.27. The van der Waals surface area contributed by atoms with E-state index in [-0.39, 0.29) is 15.8 Å². The molecule has 1 N–H and O–H groups in total. The van der Waals surface area contributed by atoms with Gasteiger partial charge >= 0.3 is 0 Å². The van der Waals surface area contributed by atoms with E-state index in [0.29, 0.717) is 17.1 Å². The minimum atomic E-state index is -3.83. The van der Waals surface area contributed by atoms with Crippen LogP contribution in [0.4, 0.5) is 5.69 Å². The van der Waals surface area contributed by atoms with E-state index in [9.17, 15) is 8.42 Å². The van der Waals surface area contributed by atoms with Gasteiger partial charge in [-0.25, -0.2) is 8.42 Å². The largest absolute Gasteiger partial charge is 0.416 e. The number of sulfonamides is 1. The van der Waals surface area contributed by atoms with E-state index in [1.807, 2.05) is 30.3 Å². The van der Waals surface area contributed by atoms with Gasteiger partial charge in [-0.1, -0.05) is 48.0 Å². The average Bonchev–Trinajstić information content (AvgIpc) is 3.19. The highest BCUT2D eigenvalue weighted by molar-refractivity contribution is 7.92. The molecule has 6 nitrogen and oxygen atoms in total. The van der Waals surface area contributed by atoms with Crippen LogP contribution in [0.2, 0.25) is 5.02 Å². The van der Waals surface area contributed by atoms with Crippen molar-refractivity contribution in [1.29, 1.82) is 0 Å². The van der Waals surface area contributed by atoms with Gasteiger partial charge in [0.2, 0.25) is 11.8 Å². The van der Waals surface area contributed by atoms with Crippen molar-refractivity contribution >= 4 is 27.3 Å². The van der Waals surface area contributed by atoms with E-state index in [1.165, 1.54) is 12.1 Å². The Kier molecular flexibility index (Phi) is 4.85. The average molecular weight is 412 g/mol. The van der Waals surface area contributed by atoms with Crippen molar-refractivity contribution in [1.82, 2.24) is 10.2 Å². The molecule has 4 aromatic rings. The molecular weight excluding hydrogens is 398 g/mol. The third kappa shape index (κ3) is 3.76. The molecule has 0 radical (unpaired) electrons. The lowest BCUT2D eigenvalue weighted by Gasteiger charge is -2.09. The summed E-state index contributed by atoms with van der Waals surface area (Å²) in [4.78, 5) is 0.00576. The molecule has 0 aliphatic heterocycles. The summed E-state index contributed by atoms with van der Waals surface area (Å²) >= 11 is 6.01. The summed E-state index contributed by atoms with van der Waals surface area (Å²) in [6, 6.07) is 22.3. The van der Waals surface area contributed by atoms with Crippen molar-refractivity contribution in [2.45, 2.75) is 4.90 Å². The van der Waals surface area contributed by atoms with Gasteiger partial charge in [-0.3, -0.25) is 4.72 Å². The summed E-state index contributed by atoms with van der Waals surface area (Å²) in [6.07, 6.45) is 0. The number of aromatic nitrogens is 2. The van der Waals surface area contributed by atoms with E-state index < -0.39 is 10.0 Å². The van der Waals surface area contributed by atoms with Gasteiger partial charge in [0, 0.05) is 16.8 Å². The molecule has 8 heteroatoms. The Morgan fingerprint density at radius 3 is 2.18 bits per heavy atom. The Bertz CT molecular complexity index is 1220. The first kappa shape index (κ1) is 18.2. The van der Waals surface area contributed by atoms with Crippen molar-refractivity contribution in [3.63, 3.8) is 0 Å². The Morgan fingerprint density at radius 1 is 0.786 bits per heavy atom. The first-order valence-corrected chi connectivity index (χ1v) is 10.2. The zero-order chi connectivity index (χ0) is 19.6. The molecule has 0 unspecified atom stereocenters. The number of nitrogens with zero attached hydrogens (tertiary/aromatic N) is 2. The standard InChI is InChI=1S/C20H14ClN3O3S/c21-17-11-4-5-12-18(17)28(25,26)24-16-10-6-9-15(13-16)20-23-22-19(27-20)14-7-2-1-3-8-14/h1-13,24H. The normalized spacial score (nSPS) is 11.3. The lowest BCUT2D eigenvalue weighted by molar-refractivity contribution is 0.584. The lowest BCUT2D eigenvalue weighted by atomic mass is 10.2. The van der Waals surface area contributed by atoms with Crippen molar-refractivity contribution < 1.29 is 12.8 Å². The van der Waals surface area contributed by atoms with Gasteiger partial charge < -0.3 is 4.42 Å². The predicted octanol–water partition coefficient (Wildman–Crippen LogP) is 4.86. The maximum Gasteiger partial charge on any atom is 0.263 e. The van der Waals surface area contributed by atoms with Crippen LogP contribution in [0.1, 0.15) is 0 Å². The number of rotatable bonds is 5. The fourth-order valence-electron chi connectivity index (χ4n) is 2.63. The van der Waals surface area contributed by atoms with E-state index in [1.54, 1.807) is 36.4 Å². The van der Waals surface area contributed by atoms with Crippen LogP contribution in [0.15, 0.2) is 88.2 Å². The van der Waals surface area contributed by atoms with E-state index in [2.05, 4.69) is 14.9 Å². The van der Waals surface area contributed by atoms with Gasteiger partial charge in [0.15, 0.2) is 0 Å². The van der Waals surface area contributed by atoms with E-state index >= 15 is 0 Å². The summed E-state index contributed by atoms with van der Waals surface area (Å²) in [7, 11) is -3.83. The molecular formula is C20H14ClN3O3S. The number of nitrogens with one attached hydrogen (secondary N) is 1. The Morgan fingerprint density at radius 2 is 1.43 bits per heavy atom. The molecule has 140 valence electrons. The second-order valence-corrected chi connectivity index (χ2v) is 7.95. The SMILES string of the molecule is O=S(=O)(Nc1cccc(-c2nnc(-c3ccccc3)o2)c1)c1ccccc1Cl. The van der Waals surface area contributed by atoms with E-state index in [0.717, 1.165) is 5.56 Å². The van der Waals surface area contributed by atoms with Gasteiger partial charge in [0.1, 0.15) is 4.90 Å². The molecule has 0 saturated carbocycles. The second kappa shape index (κ2) is 7.46. The van der Waals surface area contributed by atoms with Crippen molar-refractivity contribution in [3.8, 4) is 22.9 Å². The Hall–Kier alpha value is -3.16. The number of anilines is 1. The summed E-state index contributed by atoms with van der Waals surface area (Å²) in [5.41, 5.74) is 1.75. The summed E-state index contributed by atoms with van der Waals surface area (Å²) in [5.74, 6) is 0.676. The smallest absolute Gasteiger partial charge is 0.263 e. The monoisotopic (exact) mass is 411 g/mol. The van der Waals surface area contributed by atoms with Crippen LogP contribution in [-0.2, 0) is 10.0 Å². The highest BCUT2D eigenvalue weighted by Gasteiger charge is 2.18. The predicted molar refractivity (Wildman–Crippen MR) is 107 cm³/mol. The van der Waals surface area contributed by atoms with Gasteiger partial charge in [-0.05, 0) is 42.5 Å². The molecule has 4 rings (SSSR count). The molecule has 1 aromatic heterocycles. The third-order valence-corrected chi connectivity index (χ3v) is 5.81. The number of hydrogen-bond acceptors (Lipinski definition) is 5. The maximum absolute atomic E-state index is 12.6. The zero-order valence-corrected chi connectivity index (χ0v) is 16.0. The quantitative estimate of drug-likeness (QED) is 0.507. The first-order chi connectivity index (χ1) is 13.5. The molecule has 1 heterocycles. The molecule has 28 heavy (non-hydrogen) atoms. The summed E-state index contributed by atoms with van der Waals surface area (Å²) in [5, 5.41) is 8.26. The highest BCUT2D eigenvalue weighted by atomic mass is 35.5. The van der Waals surface area contributed by atoms with Crippen LogP contribution in [0.25, 0.3) is 22.9 Å². The first-order valence-electron chi connectivity index (χ1n) is 8.30. The van der Waals surface area contributed by atoms with Gasteiger partial charge in [0.05, 0.1) is 5.02 Å². The van der Waals surface area contributed by atoms with Gasteiger partial charge in [-0.15, -0.1) is 10.2 Å². The molecule has 0 amide bonds. The lowest BCUT2D eigenvalue weighted by Crippen LogP contribution is -2.13. The number of benzene rings is 3. The van der Waals surface area contributed by atoms with E-state index in [4.69, 9.17) is 16.0 Å². The van der Waals surface area contributed by atoms with Crippen LogP contribution in [0.5, 0.6) is 0 Å². The third-order valence-electron chi connectivity index (χ3n) is 3.93. The minimum Gasteiger partial charge on any atom is -0.416 e. The molecule has 0 aliphatic carbocycles. The van der Waals surface area contributed by atoms with Crippen molar-refractivity contribution in [2.75, 3.05) is 4.72 Å². The van der Waals surface area contributed by atoms with Gasteiger partial charge in [-0.2, -0.15) is 0 Å². The number of halogens is 1.